The number of halogens is 1. The third-order valence-corrected chi connectivity index (χ3v) is 6.92. The third-order valence-electron chi connectivity index (χ3n) is 5.12. The minimum absolute atomic E-state index is 0.0780. The molecule has 3 aromatic heterocycles. The Morgan fingerprint density at radius 3 is 2.82 bits per heavy atom. The van der Waals surface area contributed by atoms with E-state index in [4.69, 9.17) is 33.0 Å². The van der Waals surface area contributed by atoms with Gasteiger partial charge in [-0.1, -0.05) is 41.6 Å². The average molecular weight is 510 g/mol. The van der Waals surface area contributed by atoms with Crippen LogP contribution in [0.2, 0.25) is 5.02 Å². The molecule has 1 aromatic carbocycles. The highest BCUT2D eigenvalue weighted by Gasteiger charge is 2.33. The quantitative estimate of drug-likeness (QED) is 0.262. The van der Waals surface area contributed by atoms with Gasteiger partial charge in [0.05, 0.1) is 17.7 Å². The van der Waals surface area contributed by atoms with Gasteiger partial charge in [0.2, 0.25) is 5.88 Å². The second kappa shape index (κ2) is 9.09. The number of furan rings is 1. The Hall–Kier alpha value is -3.40. The lowest BCUT2D eigenvalue weighted by Crippen LogP contribution is -2.27. The molecule has 170 valence electrons. The van der Waals surface area contributed by atoms with Gasteiger partial charge in [0, 0.05) is 11.2 Å². The number of carbonyl (C=O) groups is 1. The number of amides is 1. The smallest absolute Gasteiger partial charge is 0.269 e. The van der Waals surface area contributed by atoms with Crippen LogP contribution in [0, 0.1) is 6.92 Å². The fourth-order valence-corrected chi connectivity index (χ4v) is 4.76. The molecule has 10 heteroatoms. The van der Waals surface area contributed by atoms with Gasteiger partial charge in [-0.3, -0.25) is 18.9 Å². The number of hydrogen-bond acceptors (Lipinski definition) is 7. The molecule has 0 bridgehead atoms. The molecule has 0 atom stereocenters. The number of thioether (sulfide) groups is 1. The van der Waals surface area contributed by atoms with E-state index < -0.39 is 0 Å². The van der Waals surface area contributed by atoms with Gasteiger partial charge in [-0.25, -0.2) is 0 Å². The molecule has 1 amide bonds. The number of thiocarbonyl (C=S) groups is 1. The molecule has 0 unspecified atom stereocenters. The van der Waals surface area contributed by atoms with E-state index >= 15 is 0 Å². The number of nitrogens with zero attached hydrogens (tertiary/aromatic N) is 3. The Labute approximate surface area is 208 Å². The molecule has 0 radical (unpaired) electrons. The Kier molecular flexibility index (Phi) is 5.99. The van der Waals surface area contributed by atoms with Crippen LogP contribution in [0.4, 0.5) is 0 Å². The van der Waals surface area contributed by atoms with Crippen LogP contribution in [0.3, 0.4) is 0 Å². The summed E-state index contributed by atoms with van der Waals surface area (Å²) in [6.45, 7) is 2.06. The van der Waals surface area contributed by atoms with Crippen molar-refractivity contribution in [2.24, 2.45) is 0 Å². The fraction of sp³-hybridized carbons (Fsp3) is 0.0833. The van der Waals surface area contributed by atoms with Crippen molar-refractivity contribution in [2.75, 3.05) is 0 Å². The summed E-state index contributed by atoms with van der Waals surface area (Å²) in [5, 5.41) is 0.597. The summed E-state index contributed by atoms with van der Waals surface area (Å²) in [5.41, 5.74) is 0.991. The Morgan fingerprint density at radius 1 is 1.21 bits per heavy atom. The topological polar surface area (TPSA) is 77.1 Å². The number of carbonyl (C=O) groups excluding carboxylic acids is 1. The van der Waals surface area contributed by atoms with Crippen LogP contribution in [0.1, 0.15) is 16.9 Å². The number of fused-ring (bicyclic) bond motifs is 1. The highest BCUT2D eigenvalue weighted by molar-refractivity contribution is 8.26. The van der Waals surface area contributed by atoms with Crippen LogP contribution < -0.4 is 10.3 Å². The van der Waals surface area contributed by atoms with Crippen molar-refractivity contribution in [3.63, 3.8) is 0 Å². The second-order valence-corrected chi connectivity index (χ2v) is 9.51. The van der Waals surface area contributed by atoms with Crippen molar-refractivity contribution in [3.05, 3.63) is 98.2 Å². The molecule has 0 aliphatic carbocycles. The van der Waals surface area contributed by atoms with Crippen molar-refractivity contribution in [1.29, 1.82) is 0 Å². The fourth-order valence-electron chi connectivity index (χ4n) is 3.40. The number of aromatic nitrogens is 2. The highest BCUT2D eigenvalue weighted by Crippen LogP contribution is 2.35. The molecule has 4 heterocycles. The zero-order valence-electron chi connectivity index (χ0n) is 17.7. The van der Waals surface area contributed by atoms with E-state index in [1.54, 1.807) is 54.7 Å². The zero-order valence-corrected chi connectivity index (χ0v) is 20.1. The molecule has 1 aliphatic heterocycles. The van der Waals surface area contributed by atoms with Gasteiger partial charge in [0.1, 0.15) is 27.0 Å². The first-order valence-electron chi connectivity index (χ1n) is 10.1. The maximum absolute atomic E-state index is 13.4. The Balaban J connectivity index is 1.58. The van der Waals surface area contributed by atoms with Gasteiger partial charge in [0.25, 0.3) is 11.5 Å². The first kappa shape index (κ1) is 22.4. The summed E-state index contributed by atoms with van der Waals surface area (Å²) in [7, 11) is 0. The molecule has 1 fully saturated rings. The molecule has 0 saturated carbocycles. The van der Waals surface area contributed by atoms with Crippen molar-refractivity contribution >= 4 is 57.5 Å². The van der Waals surface area contributed by atoms with Crippen LogP contribution in [-0.4, -0.2) is 24.5 Å². The molecule has 34 heavy (non-hydrogen) atoms. The zero-order chi connectivity index (χ0) is 23.8. The van der Waals surface area contributed by atoms with E-state index in [-0.39, 0.29) is 29.5 Å². The lowest BCUT2D eigenvalue weighted by molar-refractivity contribution is -0.122. The first-order chi connectivity index (χ1) is 16.4. The van der Waals surface area contributed by atoms with Crippen LogP contribution in [0.15, 0.2) is 75.1 Å². The normalized spacial score (nSPS) is 15.0. The van der Waals surface area contributed by atoms with Gasteiger partial charge in [-0.2, -0.15) is 4.98 Å². The first-order valence-corrected chi connectivity index (χ1v) is 11.7. The predicted octanol–water partition coefficient (Wildman–Crippen LogP) is 5.44. The van der Waals surface area contributed by atoms with Gasteiger partial charge in [0.15, 0.2) is 0 Å². The minimum Gasteiger partial charge on any atom is -0.467 e. The standard InChI is InChI=1S/C24H16ClN3O4S2/c1-14-11-15(7-8-18(14)25)32-21-17(22(29)27-9-3-2-6-20(27)26-21)12-19-23(30)28(24(33)34-19)13-16-5-4-10-31-16/h2-12H,13H2,1H3/b19-12+. The number of aryl methyl sites for hydroxylation is 1. The number of hydrogen-bond donors (Lipinski definition) is 0. The Bertz CT molecular complexity index is 1530. The summed E-state index contributed by atoms with van der Waals surface area (Å²) in [6, 6.07) is 13.9. The second-order valence-electron chi connectivity index (χ2n) is 7.42. The molecule has 7 nitrogen and oxygen atoms in total. The summed E-state index contributed by atoms with van der Waals surface area (Å²) < 4.78 is 13.1. The van der Waals surface area contributed by atoms with Gasteiger partial charge >= 0.3 is 0 Å². The van der Waals surface area contributed by atoms with Crippen molar-refractivity contribution in [2.45, 2.75) is 13.5 Å². The average Bonchev–Trinajstić information content (AvgIpc) is 3.43. The minimum atomic E-state index is -0.373. The highest BCUT2D eigenvalue weighted by atomic mass is 35.5. The van der Waals surface area contributed by atoms with E-state index in [9.17, 15) is 9.59 Å². The number of rotatable bonds is 5. The molecule has 1 saturated heterocycles. The summed E-state index contributed by atoms with van der Waals surface area (Å²) in [4.78, 5) is 32.7. The molecule has 0 N–H and O–H groups in total. The summed E-state index contributed by atoms with van der Waals surface area (Å²) in [6.07, 6.45) is 4.63. The summed E-state index contributed by atoms with van der Waals surface area (Å²) in [5.74, 6) is 0.827. The molecular formula is C24H16ClN3O4S2. The number of pyridine rings is 1. The van der Waals surface area contributed by atoms with Gasteiger partial charge in [-0.15, -0.1) is 0 Å². The van der Waals surface area contributed by atoms with Gasteiger partial charge in [-0.05, 0) is 61.0 Å². The van der Waals surface area contributed by atoms with Crippen LogP contribution >= 0.6 is 35.6 Å². The predicted molar refractivity (Wildman–Crippen MR) is 135 cm³/mol. The summed E-state index contributed by atoms with van der Waals surface area (Å²) >= 11 is 12.6. The van der Waals surface area contributed by atoms with E-state index in [1.807, 2.05) is 6.92 Å². The van der Waals surface area contributed by atoms with Crippen molar-refractivity contribution in [1.82, 2.24) is 14.3 Å². The van der Waals surface area contributed by atoms with Crippen LogP contribution in [-0.2, 0) is 11.3 Å². The van der Waals surface area contributed by atoms with Crippen molar-refractivity contribution < 1.29 is 13.9 Å². The van der Waals surface area contributed by atoms with Gasteiger partial charge < -0.3 is 9.15 Å². The van der Waals surface area contributed by atoms with Crippen LogP contribution in [0.5, 0.6) is 11.6 Å². The molecule has 0 spiro atoms. The lowest BCUT2D eigenvalue weighted by Gasteiger charge is -2.12. The largest absolute Gasteiger partial charge is 0.467 e. The molecule has 1 aliphatic rings. The van der Waals surface area contributed by atoms with E-state index in [2.05, 4.69) is 4.98 Å². The van der Waals surface area contributed by atoms with E-state index in [1.165, 1.54) is 21.6 Å². The molecule has 4 aromatic rings. The lowest BCUT2D eigenvalue weighted by atomic mass is 10.2. The van der Waals surface area contributed by atoms with E-state index in [0.29, 0.717) is 31.4 Å². The maximum atomic E-state index is 13.4. The van der Waals surface area contributed by atoms with Crippen molar-refractivity contribution in [3.8, 4) is 11.6 Å². The monoisotopic (exact) mass is 509 g/mol. The number of benzene rings is 1. The third kappa shape index (κ3) is 4.25. The SMILES string of the molecule is Cc1cc(Oc2nc3ccccn3c(=O)c2/C=C2/SC(=S)N(Cc3ccco3)C2=O)ccc1Cl. The number of ether oxygens (including phenoxy) is 1. The molecule has 5 rings (SSSR count). The Morgan fingerprint density at radius 2 is 2.06 bits per heavy atom. The maximum Gasteiger partial charge on any atom is 0.269 e. The van der Waals surface area contributed by atoms with Crippen LogP contribution in [0.25, 0.3) is 11.7 Å². The van der Waals surface area contributed by atoms with E-state index in [0.717, 1.165) is 17.3 Å². The molecular weight excluding hydrogens is 494 g/mol.